The van der Waals surface area contributed by atoms with Crippen LogP contribution in [-0.2, 0) is 9.53 Å². The van der Waals surface area contributed by atoms with Crippen molar-refractivity contribution in [1.29, 1.82) is 0 Å². The summed E-state index contributed by atoms with van der Waals surface area (Å²) in [6.45, 7) is 5.20. The molecular formula is C18H25N3O4. The zero-order chi connectivity index (χ0) is 17.8. The number of nitro groups is 1. The second kappa shape index (κ2) is 7.93. The van der Waals surface area contributed by atoms with Crippen LogP contribution in [0.4, 0.5) is 11.4 Å². The minimum Gasteiger partial charge on any atom is -0.381 e. The van der Waals surface area contributed by atoms with Crippen molar-refractivity contribution >= 4 is 17.3 Å². The van der Waals surface area contributed by atoms with Crippen LogP contribution < -0.4 is 5.32 Å². The molecule has 0 bridgehead atoms. The second-order valence-corrected chi connectivity index (χ2v) is 7.01. The van der Waals surface area contributed by atoms with Gasteiger partial charge in [0.25, 0.3) is 5.69 Å². The second-order valence-electron chi connectivity index (χ2n) is 7.01. The first-order valence-corrected chi connectivity index (χ1v) is 8.89. The molecule has 1 atom stereocenters. The third kappa shape index (κ3) is 4.99. The molecule has 1 aromatic rings. The van der Waals surface area contributed by atoms with Gasteiger partial charge in [0.2, 0.25) is 5.91 Å². The Balaban J connectivity index is 1.50. The molecule has 1 heterocycles. The molecule has 2 fully saturated rings. The van der Waals surface area contributed by atoms with E-state index in [2.05, 4.69) is 10.2 Å². The summed E-state index contributed by atoms with van der Waals surface area (Å²) < 4.78 is 5.45. The molecule has 7 nitrogen and oxygen atoms in total. The van der Waals surface area contributed by atoms with E-state index in [4.69, 9.17) is 4.74 Å². The normalized spacial score (nSPS) is 20.0. The van der Waals surface area contributed by atoms with Gasteiger partial charge in [0.15, 0.2) is 0 Å². The van der Waals surface area contributed by atoms with Crippen LogP contribution in [0.1, 0.15) is 31.2 Å². The van der Waals surface area contributed by atoms with E-state index in [9.17, 15) is 14.9 Å². The Bertz CT molecular complexity index is 639. The Labute approximate surface area is 147 Å². The summed E-state index contributed by atoms with van der Waals surface area (Å²) in [7, 11) is 0. The Hall–Kier alpha value is -1.99. The number of carbonyl (C=O) groups is 1. The predicted octanol–water partition coefficient (Wildman–Crippen LogP) is 2.73. The van der Waals surface area contributed by atoms with Crippen LogP contribution in [0.2, 0.25) is 0 Å². The Morgan fingerprint density at radius 3 is 2.80 bits per heavy atom. The van der Waals surface area contributed by atoms with E-state index in [-0.39, 0.29) is 11.6 Å². The minimum atomic E-state index is -0.432. The number of benzene rings is 1. The van der Waals surface area contributed by atoms with Gasteiger partial charge in [-0.25, -0.2) is 0 Å². The fraction of sp³-hybridized carbons (Fsp3) is 0.611. The summed E-state index contributed by atoms with van der Waals surface area (Å²) in [6.07, 6.45) is 3.98. The number of aryl methyl sites for hydroxylation is 1. The minimum absolute atomic E-state index is 0.0363. The molecule has 2 aliphatic rings. The number of ether oxygens (including phenoxy) is 1. The molecule has 1 aliphatic carbocycles. The van der Waals surface area contributed by atoms with Crippen LogP contribution in [0, 0.1) is 23.0 Å². The summed E-state index contributed by atoms with van der Waals surface area (Å²) >= 11 is 0. The van der Waals surface area contributed by atoms with Gasteiger partial charge in [-0.1, -0.05) is 0 Å². The van der Waals surface area contributed by atoms with E-state index in [1.54, 1.807) is 13.0 Å². The molecular weight excluding hydrogens is 322 g/mol. The van der Waals surface area contributed by atoms with Crippen molar-refractivity contribution in [3.05, 3.63) is 33.9 Å². The monoisotopic (exact) mass is 347 g/mol. The van der Waals surface area contributed by atoms with Gasteiger partial charge in [-0.05, 0) is 43.7 Å². The van der Waals surface area contributed by atoms with Crippen LogP contribution in [-0.4, -0.2) is 48.1 Å². The van der Waals surface area contributed by atoms with E-state index >= 15 is 0 Å². The van der Waals surface area contributed by atoms with E-state index in [0.717, 1.165) is 32.7 Å². The molecule has 3 rings (SSSR count). The van der Waals surface area contributed by atoms with E-state index < -0.39 is 4.92 Å². The van der Waals surface area contributed by atoms with Crippen LogP contribution in [0.5, 0.6) is 0 Å². The number of amides is 1. The summed E-state index contributed by atoms with van der Waals surface area (Å²) in [5, 5.41) is 13.7. The zero-order valence-electron chi connectivity index (χ0n) is 14.6. The highest BCUT2D eigenvalue weighted by atomic mass is 16.6. The van der Waals surface area contributed by atoms with Gasteiger partial charge < -0.3 is 10.1 Å². The number of nitro benzene ring substituents is 1. The lowest BCUT2D eigenvalue weighted by Gasteiger charge is -2.24. The number of carbonyl (C=O) groups excluding carboxylic acids is 1. The zero-order valence-corrected chi connectivity index (χ0v) is 14.6. The molecule has 1 saturated heterocycles. The van der Waals surface area contributed by atoms with Crippen LogP contribution >= 0.6 is 0 Å². The first-order chi connectivity index (χ1) is 12.0. The number of anilines is 1. The van der Waals surface area contributed by atoms with Crippen molar-refractivity contribution in [2.24, 2.45) is 5.92 Å². The lowest BCUT2D eigenvalue weighted by molar-refractivity contribution is -0.384. The van der Waals surface area contributed by atoms with Crippen LogP contribution in [0.3, 0.4) is 0 Å². The Morgan fingerprint density at radius 2 is 2.20 bits per heavy atom. The van der Waals surface area contributed by atoms with Gasteiger partial charge in [-0.3, -0.25) is 19.8 Å². The number of hydrogen-bond acceptors (Lipinski definition) is 5. The first-order valence-electron chi connectivity index (χ1n) is 8.89. The molecule has 1 aromatic carbocycles. The molecule has 1 N–H and O–H groups in total. The Kier molecular flexibility index (Phi) is 5.65. The van der Waals surface area contributed by atoms with Gasteiger partial charge in [-0.2, -0.15) is 0 Å². The van der Waals surface area contributed by atoms with Crippen molar-refractivity contribution < 1.29 is 14.5 Å². The maximum absolute atomic E-state index is 12.3. The molecule has 1 saturated carbocycles. The number of nitrogens with one attached hydrogen (secondary N) is 1. The molecule has 0 aromatic heterocycles. The van der Waals surface area contributed by atoms with Crippen LogP contribution in [0.15, 0.2) is 18.2 Å². The van der Waals surface area contributed by atoms with Crippen molar-refractivity contribution in [1.82, 2.24) is 4.90 Å². The van der Waals surface area contributed by atoms with Gasteiger partial charge in [-0.15, -0.1) is 0 Å². The highest BCUT2D eigenvalue weighted by molar-refractivity contribution is 5.91. The molecule has 1 aliphatic heterocycles. The summed E-state index contributed by atoms with van der Waals surface area (Å²) in [5.74, 6) is 0.533. The van der Waals surface area contributed by atoms with Crippen molar-refractivity contribution in [2.75, 3.05) is 31.6 Å². The van der Waals surface area contributed by atoms with Crippen molar-refractivity contribution in [2.45, 2.75) is 38.6 Å². The van der Waals surface area contributed by atoms with Gasteiger partial charge in [0.1, 0.15) is 0 Å². The molecule has 136 valence electrons. The maximum atomic E-state index is 12.3. The maximum Gasteiger partial charge on any atom is 0.269 e. The van der Waals surface area contributed by atoms with E-state index in [0.29, 0.717) is 29.6 Å². The standard InChI is InChI=1S/C18H25N3O4/c1-13-10-16(21(23)24)4-5-17(13)19-18(22)6-8-20(15-2-3-15)11-14-7-9-25-12-14/h4-5,10,14-15H,2-3,6-9,11-12H2,1H3,(H,19,22). The number of rotatable bonds is 8. The van der Waals surface area contributed by atoms with E-state index in [1.165, 1.54) is 25.0 Å². The third-order valence-corrected chi connectivity index (χ3v) is 4.90. The SMILES string of the molecule is Cc1cc([N+](=O)[O-])ccc1NC(=O)CCN(CC1CCOC1)C1CC1. The largest absolute Gasteiger partial charge is 0.381 e. The lowest BCUT2D eigenvalue weighted by Crippen LogP contribution is -2.34. The van der Waals surface area contributed by atoms with Crippen molar-refractivity contribution in [3.8, 4) is 0 Å². The van der Waals surface area contributed by atoms with Gasteiger partial charge in [0, 0.05) is 50.0 Å². The fourth-order valence-corrected chi connectivity index (χ4v) is 3.28. The predicted molar refractivity (Wildman–Crippen MR) is 94.6 cm³/mol. The summed E-state index contributed by atoms with van der Waals surface area (Å²) in [4.78, 5) is 25.0. The highest BCUT2D eigenvalue weighted by Gasteiger charge is 2.31. The van der Waals surface area contributed by atoms with Crippen molar-refractivity contribution in [3.63, 3.8) is 0 Å². The fourth-order valence-electron chi connectivity index (χ4n) is 3.28. The van der Waals surface area contributed by atoms with Crippen LogP contribution in [0.25, 0.3) is 0 Å². The molecule has 1 unspecified atom stereocenters. The molecule has 7 heteroatoms. The highest BCUT2D eigenvalue weighted by Crippen LogP contribution is 2.29. The van der Waals surface area contributed by atoms with Gasteiger partial charge >= 0.3 is 0 Å². The molecule has 1 amide bonds. The third-order valence-electron chi connectivity index (χ3n) is 4.90. The lowest BCUT2D eigenvalue weighted by atomic mass is 10.1. The number of nitrogens with zero attached hydrogens (tertiary/aromatic N) is 2. The molecule has 0 spiro atoms. The average Bonchev–Trinajstić information content (AvgIpc) is 3.30. The summed E-state index contributed by atoms with van der Waals surface area (Å²) in [5.41, 5.74) is 1.37. The summed E-state index contributed by atoms with van der Waals surface area (Å²) in [6, 6.07) is 5.11. The van der Waals surface area contributed by atoms with Gasteiger partial charge in [0.05, 0.1) is 11.5 Å². The number of non-ortho nitro benzene ring substituents is 1. The smallest absolute Gasteiger partial charge is 0.269 e. The topological polar surface area (TPSA) is 84.7 Å². The average molecular weight is 347 g/mol. The number of hydrogen-bond donors (Lipinski definition) is 1. The molecule has 0 radical (unpaired) electrons. The molecule has 25 heavy (non-hydrogen) atoms. The van der Waals surface area contributed by atoms with E-state index in [1.807, 2.05) is 0 Å². The Morgan fingerprint density at radius 1 is 1.40 bits per heavy atom. The first kappa shape index (κ1) is 17.8. The quantitative estimate of drug-likeness (QED) is 0.577.